The van der Waals surface area contributed by atoms with Gasteiger partial charge >= 0.3 is 0 Å². The highest BCUT2D eigenvalue weighted by atomic mass is 35.5. The molecule has 0 radical (unpaired) electrons. The molecular formula is C15H21Cl4FN2. The smallest absolute Gasteiger partial charge is 0.148 e. The van der Waals surface area contributed by atoms with Crippen LogP contribution in [0.5, 0.6) is 0 Å². The third kappa shape index (κ3) is 4.00. The van der Waals surface area contributed by atoms with Crippen molar-refractivity contribution >= 4 is 48.0 Å². The van der Waals surface area contributed by atoms with Gasteiger partial charge in [-0.1, -0.05) is 29.6 Å². The highest BCUT2D eigenvalue weighted by Gasteiger charge is 2.36. The third-order valence-corrected chi connectivity index (χ3v) is 5.14. The standard InChI is InChI=1S/C15H19Cl2FN2.2ClH/c16-11-4-5-12(17)14(18)13(11)15(10-2-1-3-10)20-8-6-19-7-9-20;;/h4-5,10,15,19H,1-3,6-9H2;2*1H/t15-;;/m0../s1. The van der Waals surface area contributed by atoms with Crippen molar-refractivity contribution in [1.29, 1.82) is 0 Å². The van der Waals surface area contributed by atoms with E-state index in [0.29, 0.717) is 16.5 Å². The molecule has 2 aliphatic rings. The summed E-state index contributed by atoms with van der Waals surface area (Å²) in [4.78, 5) is 2.36. The predicted molar refractivity (Wildman–Crippen MR) is 95.4 cm³/mol. The predicted octanol–water partition coefficient (Wildman–Crippen LogP) is 4.72. The zero-order valence-electron chi connectivity index (χ0n) is 12.2. The van der Waals surface area contributed by atoms with Crippen LogP contribution in [-0.2, 0) is 0 Å². The van der Waals surface area contributed by atoms with Gasteiger partial charge in [0.25, 0.3) is 0 Å². The van der Waals surface area contributed by atoms with Gasteiger partial charge in [-0.25, -0.2) is 4.39 Å². The molecule has 1 heterocycles. The molecule has 1 aromatic rings. The topological polar surface area (TPSA) is 15.3 Å². The van der Waals surface area contributed by atoms with Gasteiger partial charge < -0.3 is 5.32 Å². The van der Waals surface area contributed by atoms with Crippen LogP contribution in [0.15, 0.2) is 12.1 Å². The van der Waals surface area contributed by atoms with Crippen molar-refractivity contribution in [3.8, 4) is 0 Å². The Bertz CT molecular complexity index is 491. The van der Waals surface area contributed by atoms with Gasteiger partial charge in [0.05, 0.1) is 5.02 Å². The van der Waals surface area contributed by atoms with Gasteiger partial charge in [0.2, 0.25) is 0 Å². The largest absolute Gasteiger partial charge is 0.314 e. The van der Waals surface area contributed by atoms with Gasteiger partial charge in [0.1, 0.15) is 5.82 Å². The molecule has 126 valence electrons. The average molecular weight is 390 g/mol. The second-order valence-electron chi connectivity index (χ2n) is 5.68. The van der Waals surface area contributed by atoms with Crippen LogP contribution in [0.25, 0.3) is 0 Å². The summed E-state index contributed by atoms with van der Waals surface area (Å²) in [7, 11) is 0. The van der Waals surface area contributed by atoms with Gasteiger partial charge in [0, 0.05) is 42.8 Å². The Morgan fingerprint density at radius 1 is 1.09 bits per heavy atom. The van der Waals surface area contributed by atoms with Crippen LogP contribution in [0.3, 0.4) is 0 Å². The van der Waals surface area contributed by atoms with Gasteiger partial charge in [0.15, 0.2) is 0 Å². The molecule has 7 heteroatoms. The Labute approximate surface area is 153 Å². The van der Waals surface area contributed by atoms with E-state index in [1.54, 1.807) is 6.07 Å². The number of benzene rings is 1. The van der Waals surface area contributed by atoms with Crippen LogP contribution in [0.2, 0.25) is 10.0 Å². The monoisotopic (exact) mass is 388 g/mol. The summed E-state index contributed by atoms with van der Waals surface area (Å²) < 4.78 is 14.5. The molecule has 0 unspecified atom stereocenters. The molecule has 2 fully saturated rings. The maximum Gasteiger partial charge on any atom is 0.148 e. The fraction of sp³-hybridized carbons (Fsp3) is 0.600. The first-order valence-electron chi connectivity index (χ1n) is 7.26. The number of halogens is 5. The Kier molecular flexibility index (Phi) is 8.21. The number of hydrogen-bond donors (Lipinski definition) is 1. The first kappa shape index (κ1) is 20.3. The Morgan fingerprint density at radius 2 is 1.68 bits per heavy atom. The molecule has 22 heavy (non-hydrogen) atoms. The lowest BCUT2D eigenvalue weighted by atomic mass is 9.76. The minimum atomic E-state index is -0.338. The van der Waals surface area contributed by atoms with E-state index < -0.39 is 0 Å². The van der Waals surface area contributed by atoms with E-state index in [4.69, 9.17) is 23.2 Å². The van der Waals surface area contributed by atoms with Crippen LogP contribution in [0.4, 0.5) is 4.39 Å². The molecule has 1 aromatic carbocycles. The summed E-state index contributed by atoms with van der Waals surface area (Å²) in [5.74, 6) is 0.160. The first-order chi connectivity index (χ1) is 9.68. The molecule has 0 spiro atoms. The Balaban J connectivity index is 0.00000121. The van der Waals surface area contributed by atoms with E-state index in [0.717, 1.165) is 39.0 Å². The molecule has 1 atom stereocenters. The van der Waals surface area contributed by atoms with Gasteiger partial charge in [-0.15, -0.1) is 24.8 Å². The number of piperazine rings is 1. The number of nitrogens with zero attached hydrogens (tertiary/aromatic N) is 1. The van der Waals surface area contributed by atoms with Crippen molar-refractivity contribution in [3.05, 3.63) is 33.6 Å². The van der Waals surface area contributed by atoms with Crippen molar-refractivity contribution in [2.45, 2.75) is 25.3 Å². The molecule has 1 aliphatic heterocycles. The van der Waals surface area contributed by atoms with E-state index in [9.17, 15) is 4.39 Å². The van der Waals surface area contributed by atoms with Crippen molar-refractivity contribution < 1.29 is 4.39 Å². The van der Waals surface area contributed by atoms with Gasteiger partial charge in [-0.05, 0) is 30.9 Å². The maximum atomic E-state index is 14.5. The molecule has 1 aliphatic carbocycles. The van der Waals surface area contributed by atoms with Crippen LogP contribution in [-0.4, -0.2) is 31.1 Å². The van der Waals surface area contributed by atoms with E-state index in [2.05, 4.69) is 10.2 Å². The quantitative estimate of drug-likeness (QED) is 0.752. The zero-order valence-corrected chi connectivity index (χ0v) is 15.3. The number of hydrogen-bond acceptors (Lipinski definition) is 2. The normalized spacial score (nSPS) is 20.5. The molecule has 0 bridgehead atoms. The minimum absolute atomic E-state index is 0. The minimum Gasteiger partial charge on any atom is -0.314 e. The van der Waals surface area contributed by atoms with Crippen LogP contribution in [0, 0.1) is 11.7 Å². The van der Waals surface area contributed by atoms with Crippen LogP contribution < -0.4 is 5.32 Å². The summed E-state index contributed by atoms with van der Waals surface area (Å²) in [5, 5.41) is 4.01. The summed E-state index contributed by atoms with van der Waals surface area (Å²) in [6.45, 7) is 3.76. The van der Waals surface area contributed by atoms with Crippen molar-refractivity contribution in [2.24, 2.45) is 5.92 Å². The summed E-state index contributed by atoms with van der Waals surface area (Å²) in [6, 6.07) is 3.33. The highest BCUT2D eigenvalue weighted by Crippen LogP contribution is 2.45. The third-order valence-electron chi connectivity index (χ3n) is 4.52. The molecule has 2 nitrogen and oxygen atoms in total. The second-order valence-corrected chi connectivity index (χ2v) is 6.49. The lowest BCUT2D eigenvalue weighted by molar-refractivity contribution is 0.0813. The van der Waals surface area contributed by atoms with E-state index in [1.165, 1.54) is 12.5 Å². The number of rotatable bonds is 3. The molecule has 1 saturated heterocycles. The van der Waals surface area contributed by atoms with Crippen molar-refractivity contribution in [1.82, 2.24) is 10.2 Å². The van der Waals surface area contributed by atoms with Crippen molar-refractivity contribution in [3.63, 3.8) is 0 Å². The van der Waals surface area contributed by atoms with Crippen LogP contribution >= 0.6 is 48.0 Å². The maximum absolute atomic E-state index is 14.5. The summed E-state index contributed by atoms with van der Waals surface area (Å²) >= 11 is 12.3. The SMILES string of the molecule is Cl.Cl.Fc1c(Cl)ccc(Cl)c1[C@H](C1CCC1)N1CCNCC1. The average Bonchev–Trinajstić information content (AvgIpc) is 2.41. The molecule has 0 aromatic heterocycles. The molecule has 0 amide bonds. The molecular weight excluding hydrogens is 369 g/mol. The number of nitrogens with one attached hydrogen (secondary N) is 1. The molecule has 1 saturated carbocycles. The van der Waals surface area contributed by atoms with Gasteiger partial charge in [-0.2, -0.15) is 0 Å². The van der Waals surface area contributed by atoms with Crippen LogP contribution in [0.1, 0.15) is 30.9 Å². The zero-order chi connectivity index (χ0) is 14.1. The lowest BCUT2D eigenvalue weighted by Gasteiger charge is -2.43. The lowest BCUT2D eigenvalue weighted by Crippen LogP contribution is -2.48. The Morgan fingerprint density at radius 3 is 2.23 bits per heavy atom. The van der Waals surface area contributed by atoms with E-state index in [-0.39, 0.29) is 41.7 Å². The van der Waals surface area contributed by atoms with Crippen molar-refractivity contribution in [2.75, 3.05) is 26.2 Å². The van der Waals surface area contributed by atoms with Gasteiger partial charge in [-0.3, -0.25) is 4.90 Å². The first-order valence-corrected chi connectivity index (χ1v) is 8.02. The fourth-order valence-electron chi connectivity index (χ4n) is 3.25. The summed E-state index contributed by atoms with van der Waals surface area (Å²) in [6.07, 6.45) is 3.53. The molecule has 3 rings (SSSR count). The highest BCUT2D eigenvalue weighted by molar-refractivity contribution is 6.33. The van der Waals surface area contributed by atoms with E-state index in [1.807, 2.05) is 0 Å². The fourth-order valence-corrected chi connectivity index (χ4v) is 3.67. The Hall–Kier alpha value is 0.230. The molecule has 1 N–H and O–H groups in total. The summed E-state index contributed by atoms with van der Waals surface area (Å²) in [5.41, 5.74) is 0.603. The van der Waals surface area contributed by atoms with E-state index >= 15 is 0 Å². The second kappa shape index (κ2) is 8.91.